The first-order chi connectivity index (χ1) is 13.3. The summed E-state index contributed by atoms with van der Waals surface area (Å²) < 4.78 is 2.17. The number of hydrogen-bond acceptors (Lipinski definition) is 4. The molecule has 5 heteroatoms. The Morgan fingerprint density at radius 3 is 2.48 bits per heavy atom. The van der Waals surface area contributed by atoms with Crippen LogP contribution in [0, 0.1) is 5.92 Å². The molecule has 0 atom stereocenters. The summed E-state index contributed by atoms with van der Waals surface area (Å²) in [5.41, 5.74) is 3.12. The van der Waals surface area contributed by atoms with Crippen molar-refractivity contribution in [3.63, 3.8) is 0 Å². The fraction of sp³-hybridized carbons (Fsp3) is 0.318. The average Bonchev–Trinajstić information content (AvgIpc) is 3.13. The summed E-state index contributed by atoms with van der Waals surface area (Å²) in [5.74, 6) is 2.71. The molecule has 1 aliphatic heterocycles. The Morgan fingerprint density at radius 2 is 1.67 bits per heavy atom. The Balaban J connectivity index is 1.69. The van der Waals surface area contributed by atoms with Crippen molar-refractivity contribution < 1.29 is 0 Å². The number of hydrogen-bond donors (Lipinski definition) is 0. The molecule has 0 bridgehead atoms. The minimum absolute atomic E-state index is 0.749. The maximum atomic E-state index is 5.04. The van der Waals surface area contributed by atoms with Crippen LogP contribution in [0.1, 0.15) is 31.2 Å². The van der Waals surface area contributed by atoms with Gasteiger partial charge in [-0.3, -0.25) is 0 Å². The maximum absolute atomic E-state index is 5.04. The largest absolute Gasteiger partial charge is 0.342 e. The van der Waals surface area contributed by atoms with Crippen LogP contribution in [-0.4, -0.2) is 32.7 Å². The zero-order valence-electron chi connectivity index (χ0n) is 15.5. The van der Waals surface area contributed by atoms with E-state index in [0.717, 1.165) is 53.8 Å². The number of aromatic nitrogens is 4. The number of piperidine rings is 1. The van der Waals surface area contributed by atoms with Crippen LogP contribution in [-0.2, 0) is 6.42 Å². The first kappa shape index (κ1) is 16.2. The van der Waals surface area contributed by atoms with Gasteiger partial charge in [0.05, 0.1) is 5.52 Å². The van der Waals surface area contributed by atoms with E-state index in [1.165, 1.54) is 18.4 Å². The molecule has 27 heavy (non-hydrogen) atoms. The SMILES string of the molecule is CC1CCN(c2nc3ccccc3c3nnc(Cc4ccccc4)n23)CC1. The highest BCUT2D eigenvalue weighted by Crippen LogP contribution is 2.27. The predicted molar refractivity (Wildman–Crippen MR) is 108 cm³/mol. The van der Waals surface area contributed by atoms with Crippen LogP contribution >= 0.6 is 0 Å². The molecule has 1 fully saturated rings. The smallest absolute Gasteiger partial charge is 0.213 e. The van der Waals surface area contributed by atoms with Gasteiger partial charge in [-0.1, -0.05) is 49.4 Å². The molecular formula is C22H23N5. The second-order valence-electron chi connectivity index (χ2n) is 7.54. The third-order valence-corrected chi connectivity index (χ3v) is 5.57. The van der Waals surface area contributed by atoms with Crippen molar-refractivity contribution in [1.29, 1.82) is 0 Å². The first-order valence-corrected chi connectivity index (χ1v) is 9.71. The molecule has 1 saturated heterocycles. The lowest BCUT2D eigenvalue weighted by atomic mass is 9.99. The third kappa shape index (κ3) is 2.93. The lowest BCUT2D eigenvalue weighted by Gasteiger charge is -2.31. The zero-order chi connectivity index (χ0) is 18.2. The highest BCUT2D eigenvalue weighted by atomic mass is 15.4. The van der Waals surface area contributed by atoms with E-state index < -0.39 is 0 Å². The number of fused-ring (bicyclic) bond motifs is 3. The highest BCUT2D eigenvalue weighted by Gasteiger charge is 2.23. The van der Waals surface area contributed by atoms with Gasteiger partial charge in [-0.2, -0.15) is 0 Å². The van der Waals surface area contributed by atoms with Crippen molar-refractivity contribution in [2.45, 2.75) is 26.2 Å². The third-order valence-electron chi connectivity index (χ3n) is 5.57. The van der Waals surface area contributed by atoms with Crippen molar-refractivity contribution >= 4 is 22.5 Å². The van der Waals surface area contributed by atoms with Crippen LogP contribution in [0.3, 0.4) is 0 Å². The molecule has 2 aromatic carbocycles. The van der Waals surface area contributed by atoms with Gasteiger partial charge in [0, 0.05) is 24.9 Å². The van der Waals surface area contributed by atoms with E-state index in [-0.39, 0.29) is 0 Å². The molecule has 0 radical (unpaired) electrons. The van der Waals surface area contributed by atoms with Crippen molar-refractivity contribution in [3.05, 3.63) is 66.0 Å². The van der Waals surface area contributed by atoms with E-state index in [0.29, 0.717) is 0 Å². The molecule has 2 aromatic heterocycles. The summed E-state index contributed by atoms with van der Waals surface area (Å²) in [5, 5.41) is 10.2. The van der Waals surface area contributed by atoms with Gasteiger partial charge in [-0.05, 0) is 36.5 Å². The molecular weight excluding hydrogens is 334 g/mol. The van der Waals surface area contributed by atoms with Gasteiger partial charge in [0.1, 0.15) is 5.82 Å². The Kier molecular flexibility index (Phi) is 4.00. The van der Waals surface area contributed by atoms with Crippen molar-refractivity contribution in [2.75, 3.05) is 18.0 Å². The van der Waals surface area contributed by atoms with Crippen LogP contribution in [0.2, 0.25) is 0 Å². The summed E-state index contributed by atoms with van der Waals surface area (Å²) in [4.78, 5) is 7.44. The second kappa shape index (κ2) is 6.65. The molecule has 0 unspecified atom stereocenters. The van der Waals surface area contributed by atoms with Gasteiger partial charge >= 0.3 is 0 Å². The summed E-state index contributed by atoms with van der Waals surface area (Å²) in [6.07, 6.45) is 3.15. The zero-order valence-corrected chi connectivity index (χ0v) is 15.5. The van der Waals surface area contributed by atoms with E-state index >= 15 is 0 Å². The summed E-state index contributed by atoms with van der Waals surface area (Å²) in [6.45, 7) is 4.40. The van der Waals surface area contributed by atoms with E-state index in [1.807, 2.05) is 18.2 Å². The Hall–Kier alpha value is -2.95. The van der Waals surface area contributed by atoms with E-state index in [9.17, 15) is 0 Å². The van der Waals surface area contributed by atoms with Crippen molar-refractivity contribution in [2.24, 2.45) is 5.92 Å². The molecule has 5 rings (SSSR count). The van der Waals surface area contributed by atoms with Gasteiger partial charge in [-0.25, -0.2) is 9.38 Å². The van der Waals surface area contributed by atoms with Crippen LogP contribution in [0.4, 0.5) is 5.95 Å². The monoisotopic (exact) mass is 357 g/mol. The van der Waals surface area contributed by atoms with Gasteiger partial charge < -0.3 is 4.90 Å². The average molecular weight is 357 g/mol. The molecule has 0 saturated carbocycles. The topological polar surface area (TPSA) is 46.3 Å². The predicted octanol–water partition coefficient (Wildman–Crippen LogP) is 4.10. The molecule has 1 aliphatic rings. The minimum Gasteiger partial charge on any atom is -0.342 e. The van der Waals surface area contributed by atoms with Crippen LogP contribution in [0.15, 0.2) is 54.6 Å². The first-order valence-electron chi connectivity index (χ1n) is 9.71. The van der Waals surface area contributed by atoms with Gasteiger partial charge in [0.25, 0.3) is 0 Å². The fourth-order valence-corrected chi connectivity index (χ4v) is 3.93. The lowest BCUT2D eigenvalue weighted by Crippen LogP contribution is -2.35. The van der Waals surface area contributed by atoms with E-state index in [4.69, 9.17) is 4.98 Å². The summed E-state index contributed by atoms with van der Waals surface area (Å²) in [6, 6.07) is 18.7. The Labute approximate surface area is 158 Å². The minimum atomic E-state index is 0.749. The number of nitrogens with zero attached hydrogens (tertiary/aromatic N) is 5. The van der Waals surface area contributed by atoms with E-state index in [2.05, 4.69) is 62.8 Å². The van der Waals surface area contributed by atoms with Gasteiger partial charge in [0.2, 0.25) is 5.95 Å². The number of rotatable bonds is 3. The lowest BCUT2D eigenvalue weighted by molar-refractivity contribution is 0.433. The van der Waals surface area contributed by atoms with Crippen LogP contribution in [0.5, 0.6) is 0 Å². The number of para-hydroxylation sites is 1. The molecule has 0 aliphatic carbocycles. The Bertz CT molecular complexity index is 1080. The molecule has 3 heterocycles. The molecule has 0 N–H and O–H groups in total. The normalized spacial score (nSPS) is 15.7. The number of anilines is 1. The highest BCUT2D eigenvalue weighted by molar-refractivity contribution is 5.92. The Morgan fingerprint density at radius 1 is 0.926 bits per heavy atom. The maximum Gasteiger partial charge on any atom is 0.213 e. The van der Waals surface area contributed by atoms with Gasteiger partial charge in [0.15, 0.2) is 5.65 Å². The van der Waals surface area contributed by atoms with Crippen molar-refractivity contribution in [3.8, 4) is 0 Å². The standard InChI is InChI=1S/C22H23N5/c1-16-11-13-26(14-12-16)22-23-19-10-6-5-9-18(19)21-25-24-20(27(21)22)15-17-7-3-2-4-8-17/h2-10,16H,11-15H2,1H3. The van der Waals surface area contributed by atoms with E-state index in [1.54, 1.807) is 0 Å². The molecule has 5 nitrogen and oxygen atoms in total. The van der Waals surface area contributed by atoms with Gasteiger partial charge in [-0.15, -0.1) is 10.2 Å². The van der Waals surface area contributed by atoms with Crippen LogP contribution in [0.25, 0.3) is 16.6 Å². The van der Waals surface area contributed by atoms with Crippen LogP contribution < -0.4 is 4.90 Å². The summed E-state index contributed by atoms with van der Waals surface area (Å²) in [7, 11) is 0. The van der Waals surface area contributed by atoms with Crippen molar-refractivity contribution in [1.82, 2.24) is 19.6 Å². The molecule has 0 amide bonds. The number of benzene rings is 2. The summed E-state index contributed by atoms with van der Waals surface area (Å²) >= 11 is 0. The second-order valence-corrected chi connectivity index (χ2v) is 7.54. The molecule has 136 valence electrons. The molecule has 0 spiro atoms. The molecule has 4 aromatic rings. The fourth-order valence-electron chi connectivity index (χ4n) is 3.93. The quantitative estimate of drug-likeness (QED) is 0.554.